The zero-order valence-corrected chi connectivity index (χ0v) is 14.2. The van der Waals surface area contributed by atoms with Crippen molar-refractivity contribution in [3.8, 4) is 0 Å². The summed E-state index contributed by atoms with van der Waals surface area (Å²) in [7, 11) is 0.363. The van der Waals surface area contributed by atoms with E-state index >= 15 is 0 Å². The Morgan fingerprint density at radius 1 is 1.12 bits per heavy atom. The van der Waals surface area contributed by atoms with Crippen LogP contribution in [0.2, 0.25) is 0 Å². The third-order valence-corrected chi connectivity index (χ3v) is 4.34. The fourth-order valence-electron chi connectivity index (χ4n) is 3.27. The maximum Gasteiger partial charge on any atom is 0.632 e. The Balaban J connectivity index is 1.84. The summed E-state index contributed by atoms with van der Waals surface area (Å²) >= 11 is 0. The van der Waals surface area contributed by atoms with E-state index in [1.807, 2.05) is 0 Å². The quantitative estimate of drug-likeness (QED) is 0.614. The highest BCUT2D eigenvalue weighted by atomic mass is 16.8. The Labute approximate surface area is 140 Å². The van der Waals surface area contributed by atoms with Crippen molar-refractivity contribution in [2.24, 2.45) is 0 Å². The molecule has 3 fully saturated rings. The lowest BCUT2D eigenvalue weighted by Crippen LogP contribution is -2.51. The van der Waals surface area contributed by atoms with E-state index < -0.39 is 48.7 Å². The lowest BCUT2D eigenvalue weighted by Gasteiger charge is -2.31. The number of hydrogen-bond acceptors (Lipinski definition) is 9. The molecule has 0 amide bonds. The van der Waals surface area contributed by atoms with Crippen LogP contribution in [0.25, 0.3) is 0 Å². The predicted octanol–water partition coefficient (Wildman–Crippen LogP) is -1.28. The molecule has 1 N–H and O–H groups in total. The smallest absolute Gasteiger partial charge is 0.496 e. The standard InChI is InChI=1S/C14H22BNO8/c1-13(2)20-10-11(21-13)14(3,7-17)22-12(10)15-23-8(18)5-16(4)6-9(19)24-15/h10-12,17H,5-7H2,1-4H3/t10-,11+,12-,14-/m1/s1. The second-order valence-electron chi connectivity index (χ2n) is 7.09. The van der Waals surface area contributed by atoms with Gasteiger partial charge in [-0.1, -0.05) is 0 Å². The lowest BCUT2D eigenvalue weighted by molar-refractivity contribution is -0.205. The van der Waals surface area contributed by atoms with Gasteiger partial charge in [-0.2, -0.15) is 0 Å². The number of aliphatic hydroxyl groups is 1. The molecule has 0 aromatic heterocycles. The highest BCUT2D eigenvalue weighted by Gasteiger charge is 2.66. The highest BCUT2D eigenvalue weighted by molar-refractivity contribution is 6.51. The van der Waals surface area contributed by atoms with E-state index in [-0.39, 0.29) is 19.7 Å². The molecule has 4 atom stereocenters. The summed E-state index contributed by atoms with van der Waals surface area (Å²) in [4.78, 5) is 25.4. The van der Waals surface area contributed by atoms with E-state index in [0.29, 0.717) is 0 Å². The second kappa shape index (κ2) is 5.96. The molecule has 134 valence electrons. The molecule has 0 aromatic carbocycles. The molecule has 24 heavy (non-hydrogen) atoms. The monoisotopic (exact) mass is 343 g/mol. The molecule has 3 saturated heterocycles. The van der Waals surface area contributed by atoms with Crippen molar-refractivity contribution in [1.29, 1.82) is 0 Å². The lowest BCUT2D eigenvalue weighted by atomic mass is 9.76. The molecular weight excluding hydrogens is 321 g/mol. The molecule has 3 rings (SSSR count). The molecule has 3 aliphatic rings. The summed E-state index contributed by atoms with van der Waals surface area (Å²) < 4.78 is 28.1. The van der Waals surface area contributed by atoms with Crippen LogP contribution in [-0.4, -0.2) is 85.4 Å². The van der Waals surface area contributed by atoms with Gasteiger partial charge in [0.25, 0.3) is 0 Å². The number of aliphatic hydroxyl groups excluding tert-OH is 1. The summed E-state index contributed by atoms with van der Waals surface area (Å²) in [6, 6.07) is -0.884. The van der Waals surface area contributed by atoms with Gasteiger partial charge in [0.2, 0.25) is 0 Å². The minimum absolute atomic E-state index is 0.0352. The number of rotatable bonds is 2. The van der Waals surface area contributed by atoms with E-state index in [0.717, 1.165) is 0 Å². The first-order chi connectivity index (χ1) is 11.1. The van der Waals surface area contributed by atoms with Crippen molar-refractivity contribution in [2.45, 2.75) is 50.4 Å². The maximum atomic E-state index is 11.9. The molecule has 9 nitrogen and oxygen atoms in total. The van der Waals surface area contributed by atoms with Gasteiger partial charge >= 0.3 is 19.1 Å². The Bertz CT molecular complexity index is 523. The summed E-state index contributed by atoms with van der Waals surface area (Å²) in [6.07, 6.45) is -1.21. The third-order valence-electron chi connectivity index (χ3n) is 4.34. The predicted molar refractivity (Wildman–Crippen MR) is 79.6 cm³/mol. The Kier molecular flexibility index (Phi) is 4.37. The van der Waals surface area contributed by atoms with Gasteiger partial charge in [-0.25, -0.2) is 0 Å². The molecule has 0 unspecified atom stereocenters. The molecular formula is C14H22BNO8. The van der Waals surface area contributed by atoms with Crippen molar-refractivity contribution >= 4 is 19.1 Å². The van der Waals surface area contributed by atoms with E-state index in [2.05, 4.69) is 0 Å². The number of carbonyl (C=O) groups excluding carboxylic acids is 2. The third kappa shape index (κ3) is 3.16. The molecule has 0 aromatic rings. The zero-order chi connectivity index (χ0) is 17.7. The van der Waals surface area contributed by atoms with Crippen LogP contribution in [-0.2, 0) is 33.1 Å². The minimum atomic E-state index is -1.25. The van der Waals surface area contributed by atoms with Crippen molar-refractivity contribution < 1.29 is 38.2 Å². The van der Waals surface area contributed by atoms with E-state index in [1.54, 1.807) is 27.8 Å². The van der Waals surface area contributed by atoms with Gasteiger partial charge in [0.15, 0.2) is 11.8 Å². The van der Waals surface area contributed by atoms with Gasteiger partial charge < -0.3 is 28.6 Å². The molecule has 0 bridgehead atoms. The SMILES string of the molecule is CN1CC(=O)OB([C@@H]2O[C@](C)(CO)[C@H]3OC(C)(C)O[C@@H]23)OC(=O)C1. The van der Waals surface area contributed by atoms with Crippen LogP contribution in [0.5, 0.6) is 0 Å². The average molecular weight is 343 g/mol. The fraction of sp³-hybridized carbons (Fsp3) is 0.857. The van der Waals surface area contributed by atoms with Gasteiger partial charge in [0.05, 0.1) is 19.7 Å². The zero-order valence-electron chi connectivity index (χ0n) is 14.2. The number of ether oxygens (including phenoxy) is 3. The van der Waals surface area contributed by atoms with Gasteiger partial charge in [-0.3, -0.25) is 14.5 Å². The van der Waals surface area contributed by atoms with Crippen molar-refractivity contribution in [3.05, 3.63) is 0 Å². The van der Waals surface area contributed by atoms with Gasteiger partial charge in [0.1, 0.15) is 17.8 Å². The van der Waals surface area contributed by atoms with Crippen LogP contribution < -0.4 is 0 Å². The molecule has 0 saturated carbocycles. The second-order valence-corrected chi connectivity index (χ2v) is 7.09. The minimum Gasteiger partial charge on any atom is -0.496 e. The normalized spacial score (nSPS) is 39.9. The van der Waals surface area contributed by atoms with E-state index in [4.69, 9.17) is 23.5 Å². The average Bonchev–Trinajstić information content (AvgIpc) is 2.90. The Hall–Kier alpha value is -1.20. The first kappa shape index (κ1) is 17.6. The first-order valence-corrected chi connectivity index (χ1v) is 7.85. The Morgan fingerprint density at radius 3 is 2.25 bits per heavy atom. The molecule has 3 heterocycles. The molecule has 10 heteroatoms. The van der Waals surface area contributed by atoms with Crippen molar-refractivity contribution in [3.63, 3.8) is 0 Å². The molecule has 0 aliphatic carbocycles. The summed E-state index contributed by atoms with van der Waals surface area (Å²) in [5.41, 5.74) is -1.05. The van der Waals surface area contributed by atoms with Crippen LogP contribution in [0.3, 0.4) is 0 Å². The van der Waals surface area contributed by atoms with Crippen LogP contribution in [0.4, 0.5) is 0 Å². The van der Waals surface area contributed by atoms with E-state index in [9.17, 15) is 14.7 Å². The van der Waals surface area contributed by atoms with Crippen LogP contribution in [0, 0.1) is 0 Å². The summed E-state index contributed by atoms with van der Waals surface area (Å²) in [5, 5.41) is 9.72. The summed E-state index contributed by atoms with van der Waals surface area (Å²) in [6.45, 7) is 4.77. The topological polar surface area (TPSA) is 104 Å². The molecule has 0 spiro atoms. The van der Waals surface area contributed by atoms with Gasteiger partial charge in [0, 0.05) is 0 Å². The fourth-order valence-corrected chi connectivity index (χ4v) is 3.27. The number of likely N-dealkylation sites (N-methyl/N-ethyl adjacent to an activating group) is 1. The van der Waals surface area contributed by atoms with Crippen LogP contribution in [0.1, 0.15) is 20.8 Å². The van der Waals surface area contributed by atoms with Crippen molar-refractivity contribution in [2.75, 3.05) is 26.7 Å². The highest BCUT2D eigenvalue weighted by Crippen LogP contribution is 2.44. The van der Waals surface area contributed by atoms with Crippen molar-refractivity contribution in [1.82, 2.24) is 4.90 Å². The van der Waals surface area contributed by atoms with Gasteiger partial charge in [-0.05, 0) is 27.8 Å². The van der Waals surface area contributed by atoms with Crippen LogP contribution >= 0.6 is 0 Å². The maximum absolute atomic E-state index is 11.9. The largest absolute Gasteiger partial charge is 0.632 e. The molecule has 0 radical (unpaired) electrons. The number of hydrogen-bond donors (Lipinski definition) is 1. The van der Waals surface area contributed by atoms with Crippen LogP contribution in [0.15, 0.2) is 0 Å². The van der Waals surface area contributed by atoms with Gasteiger partial charge in [-0.15, -0.1) is 0 Å². The number of carbonyl (C=O) groups is 2. The number of nitrogens with zero attached hydrogens (tertiary/aromatic N) is 1. The van der Waals surface area contributed by atoms with E-state index in [1.165, 1.54) is 4.90 Å². The molecule has 3 aliphatic heterocycles. The summed E-state index contributed by atoms with van der Waals surface area (Å²) in [5.74, 6) is -1.96. The Morgan fingerprint density at radius 2 is 1.71 bits per heavy atom. The first-order valence-electron chi connectivity index (χ1n) is 7.85. The number of fused-ring (bicyclic) bond motifs is 1.